The summed E-state index contributed by atoms with van der Waals surface area (Å²) in [5.41, 5.74) is 0.852. The van der Waals surface area contributed by atoms with Gasteiger partial charge in [0.15, 0.2) is 11.5 Å². The summed E-state index contributed by atoms with van der Waals surface area (Å²) < 4.78 is 10.9. The van der Waals surface area contributed by atoms with Gasteiger partial charge in [0.25, 0.3) is 0 Å². The van der Waals surface area contributed by atoms with E-state index in [1.165, 1.54) is 0 Å². The van der Waals surface area contributed by atoms with Gasteiger partial charge >= 0.3 is 0 Å². The normalized spacial score (nSPS) is 11.4. The van der Waals surface area contributed by atoms with Gasteiger partial charge in [-0.05, 0) is 24.1 Å². The summed E-state index contributed by atoms with van der Waals surface area (Å²) in [6.07, 6.45) is 2.66. The second kappa shape index (κ2) is 8.17. The highest BCUT2D eigenvalue weighted by atomic mass is 16.5. The maximum absolute atomic E-state index is 9.16. The molecule has 0 aliphatic rings. The molecule has 0 aliphatic carbocycles. The zero-order valence-electron chi connectivity index (χ0n) is 11.5. The number of nitrogens with one attached hydrogen (secondary N) is 1. The van der Waals surface area contributed by atoms with Crippen LogP contribution in [0.4, 0.5) is 0 Å². The quantitative estimate of drug-likeness (QED) is 0.730. The van der Waals surface area contributed by atoms with E-state index in [9.17, 15) is 0 Å². The lowest BCUT2D eigenvalue weighted by atomic mass is 10.1. The molecule has 19 heavy (non-hydrogen) atoms. The molecule has 0 saturated heterocycles. The van der Waals surface area contributed by atoms with Crippen LogP contribution in [0.25, 0.3) is 0 Å². The molecular formula is C15H20N2O2. The third kappa shape index (κ3) is 4.31. The zero-order valence-corrected chi connectivity index (χ0v) is 11.5. The van der Waals surface area contributed by atoms with E-state index >= 15 is 0 Å². The largest absolute Gasteiger partial charge is 0.493 e. The molecule has 1 aromatic carbocycles. The van der Waals surface area contributed by atoms with Gasteiger partial charge in [0.05, 0.1) is 19.8 Å². The van der Waals surface area contributed by atoms with Gasteiger partial charge < -0.3 is 9.47 Å². The van der Waals surface area contributed by atoms with E-state index in [0.29, 0.717) is 24.7 Å². The predicted octanol–water partition coefficient (Wildman–Crippen LogP) is 2.82. The predicted molar refractivity (Wildman–Crippen MR) is 75.3 cm³/mol. The standard InChI is InChI=1S/C15H20N2O2/c1-4-8-17-13(11-16)12-6-7-14(19-9-5-2)15(10-12)18-3/h4,6-7,10,13,17H,1,5,8-9H2,2-3H3. The van der Waals surface area contributed by atoms with Crippen LogP contribution < -0.4 is 14.8 Å². The van der Waals surface area contributed by atoms with E-state index in [-0.39, 0.29) is 6.04 Å². The van der Waals surface area contributed by atoms with E-state index in [4.69, 9.17) is 14.7 Å². The SMILES string of the molecule is C=CCNC(C#N)c1ccc(OCCC)c(OC)c1. The van der Waals surface area contributed by atoms with E-state index in [1.54, 1.807) is 13.2 Å². The maximum Gasteiger partial charge on any atom is 0.161 e. The van der Waals surface area contributed by atoms with Crippen molar-refractivity contribution in [2.45, 2.75) is 19.4 Å². The smallest absolute Gasteiger partial charge is 0.161 e. The second-order valence-corrected chi connectivity index (χ2v) is 4.02. The minimum Gasteiger partial charge on any atom is -0.493 e. The molecule has 0 spiro atoms. The summed E-state index contributed by atoms with van der Waals surface area (Å²) >= 11 is 0. The summed E-state index contributed by atoms with van der Waals surface area (Å²) in [5.74, 6) is 1.35. The first kappa shape index (κ1) is 15.1. The zero-order chi connectivity index (χ0) is 14.1. The fourth-order valence-corrected chi connectivity index (χ4v) is 1.63. The average molecular weight is 260 g/mol. The molecular weight excluding hydrogens is 240 g/mol. The minimum absolute atomic E-state index is 0.382. The van der Waals surface area contributed by atoms with Gasteiger partial charge in [-0.15, -0.1) is 6.58 Å². The van der Waals surface area contributed by atoms with Gasteiger partial charge in [-0.1, -0.05) is 19.1 Å². The number of nitriles is 1. The monoisotopic (exact) mass is 260 g/mol. The molecule has 1 N–H and O–H groups in total. The number of nitrogens with zero attached hydrogens (tertiary/aromatic N) is 1. The van der Waals surface area contributed by atoms with Crippen molar-refractivity contribution in [3.8, 4) is 17.6 Å². The van der Waals surface area contributed by atoms with E-state index in [1.807, 2.05) is 25.1 Å². The molecule has 0 aromatic heterocycles. The van der Waals surface area contributed by atoms with E-state index < -0.39 is 0 Å². The number of rotatable bonds is 8. The highest BCUT2D eigenvalue weighted by Gasteiger charge is 2.12. The molecule has 0 amide bonds. The van der Waals surface area contributed by atoms with Gasteiger partial charge in [0, 0.05) is 6.54 Å². The van der Waals surface area contributed by atoms with Crippen molar-refractivity contribution >= 4 is 0 Å². The molecule has 0 fully saturated rings. The van der Waals surface area contributed by atoms with Crippen LogP contribution in [-0.2, 0) is 0 Å². The Bertz CT molecular complexity index is 452. The summed E-state index contributed by atoms with van der Waals surface area (Å²) in [7, 11) is 1.59. The Hall–Kier alpha value is -1.99. The van der Waals surface area contributed by atoms with Gasteiger partial charge in [-0.3, -0.25) is 5.32 Å². The minimum atomic E-state index is -0.382. The number of ether oxygens (including phenoxy) is 2. The Morgan fingerprint density at radius 2 is 2.26 bits per heavy atom. The molecule has 4 nitrogen and oxygen atoms in total. The molecule has 1 unspecified atom stereocenters. The van der Waals surface area contributed by atoms with Crippen LogP contribution in [0, 0.1) is 11.3 Å². The molecule has 102 valence electrons. The van der Waals surface area contributed by atoms with Gasteiger partial charge in [-0.2, -0.15) is 5.26 Å². The lowest BCUT2D eigenvalue weighted by Gasteiger charge is -2.14. The van der Waals surface area contributed by atoms with Crippen molar-refractivity contribution in [1.82, 2.24) is 5.32 Å². The Morgan fingerprint density at radius 3 is 2.84 bits per heavy atom. The third-order valence-corrected chi connectivity index (χ3v) is 2.58. The lowest BCUT2D eigenvalue weighted by Crippen LogP contribution is -2.19. The van der Waals surface area contributed by atoms with Crippen molar-refractivity contribution in [2.24, 2.45) is 0 Å². The van der Waals surface area contributed by atoms with Crippen LogP contribution in [0.5, 0.6) is 11.5 Å². The van der Waals surface area contributed by atoms with Crippen LogP contribution in [-0.4, -0.2) is 20.3 Å². The third-order valence-electron chi connectivity index (χ3n) is 2.58. The van der Waals surface area contributed by atoms with Gasteiger partial charge in [0.1, 0.15) is 6.04 Å². The molecule has 0 heterocycles. The highest BCUT2D eigenvalue weighted by Crippen LogP contribution is 2.30. The molecule has 1 rings (SSSR count). The summed E-state index contributed by atoms with van der Waals surface area (Å²) in [5, 5.41) is 12.2. The van der Waals surface area contributed by atoms with Gasteiger partial charge in [-0.25, -0.2) is 0 Å². The molecule has 1 atom stereocenters. The Balaban J connectivity index is 2.91. The van der Waals surface area contributed by atoms with Gasteiger partial charge in [0.2, 0.25) is 0 Å². The molecule has 0 aliphatic heterocycles. The molecule has 4 heteroatoms. The maximum atomic E-state index is 9.16. The summed E-state index contributed by atoms with van der Waals surface area (Å²) in [6.45, 7) is 6.90. The number of hydrogen-bond acceptors (Lipinski definition) is 4. The Kier molecular flexibility index (Phi) is 6.48. The first-order valence-corrected chi connectivity index (χ1v) is 6.31. The topological polar surface area (TPSA) is 54.3 Å². The number of methoxy groups -OCH3 is 1. The molecule has 0 bridgehead atoms. The second-order valence-electron chi connectivity index (χ2n) is 4.02. The Labute approximate surface area is 114 Å². The van der Waals surface area contributed by atoms with Crippen molar-refractivity contribution < 1.29 is 9.47 Å². The van der Waals surface area contributed by atoms with E-state index in [0.717, 1.165) is 12.0 Å². The Morgan fingerprint density at radius 1 is 1.47 bits per heavy atom. The molecule has 1 aromatic rings. The summed E-state index contributed by atoms with van der Waals surface area (Å²) in [6, 6.07) is 7.37. The lowest BCUT2D eigenvalue weighted by molar-refractivity contribution is 0.294. The fourth-order valence-electron chi connectivity index (χ4n) is 1.63. The van der Waals surface area contributed by atoms with Crippen LogP contribution in [0.15, 0.2) is 30.9 Å². The van der Waals surface area contributed by atoms with Crippen LogP contribution in [0.3, 0.4) is 0 Å². The highest BCUT2D eigenvalue weighted by molar-refractivity contribution is 5.44. The average Bonchev–Trinajstić information content (AvgIpc) is 2.46. The number of benzene rings is 1. The van der Waals surface area contributed by atoms with Crippen molar-refractivity contribution in [1.29, 1.82) is 5.26 Å². The first-order valence-electron chi connectivity index (χ1n) is 6.31. The first-order chi connectivity index (χ1) is 9.26. The van der Waals surface area contributed by atoms with Crippen molar-refractivity contribution in [3.63, 3.8) is 0 Å². The molecule has 0 radical (unpaired) electrons. The molecule has 0 saturated carbocycles. The van der Waals surface area contributed by atoms with Crippen LogP contribution >= 0.6 is 0 Å². The van der Waals surface area contributed by atoms with Crippen LogP contribution in [0.2, 0.25) is 0 Å². The summed E-state index contributed by atoms with van der Waals surface area (Å²) in [4.78, 5) is 0. The fraction of sp³-hybridized carbons (Fsp3) is 0.400. The van der Waals surface area contributed by atoms with E-state index in [2.05, 4.69) is 18.0 Å². The number of hydrogen-bond donors (Lipinski definition) is 1. The van der Waals surface area contributed by atoms with Crippen LogP contribution in [0.1, 0.15) is 24.9 Å². The van der Waals surface area contributed by atoms with Crippen molar-refractivity contribution in [2.75, 3.05) is 20.3 Å². The van der Waals surface area contributed by atoms with Crippen molar-refractivity contribution in [3.05, 3.63) is 36.4 Å².